The maximum Gasteiger partial charge on any atom is 0.145 e. The summed E-state index contributed by atoms with van der Waals surface area (Å²) < 4.78 is 6.26. The average molecular weight is 319 g/mol. The standard InChI is InChI=1S/C13H11BrN4O/c1-18(13-6-10(7-15)16-8-17-13)11-5-9(14)3-4-12(11)19-2/h3-6,8H,1-2H3. The van der Waals surface area contributed by atoms with E-state index in [1.165, 1.54) is 6.33 Å². The molecular weight excluding hydrogens is 308 g/mol. The Bertz CT molecular complexity index is 639. The maximum atomic E-state index is 8.87. The highest BCUT2D eigenvalue weighted by Gasteiger charge is 2.12. The summed E-state index contributed by atoms with van der Waals surface area (Å²) >= 11 is 3.43. The molecule has 0 atom stereocenters. The van der Waals surface area contributed by atoms with Gasteiger partial charge in [-0.3, -0.25) is 0 Å². The van der Waals surface area contributed by atoms with Crippen LogP contribution in [0, 0.1) is 11.3 Å². The van der Waals surface area contributed by atoms with E-state index in [2.05, 4.69) is 25.9 Å². The second kappa shape index (κ2) is 5.67. The first-order chi connectivity index (χ1) is 9.15. The minimum absolute atomic E-state index is 0.325. The Balaban J connectivity index is 2.46. The van der Waals surface area contributed by atoms with Crippen LogP contribution in [-0.2, 0) is 0 Å². The van der Waals surface area contributed by atoms with Gasteiger partial charge in [0, 0.05) is 17.6 Å². The van der Waals surface area contributed by atoms with Crippen molar-refractivity contribution >= 4 is 27.4 Å². The van der Waals surface area contributed by atoms with Crippen LogP contribution in [0.2, 0.25) is 0 Å². The lowest BCUT2D eigenvalue weighted by Crippen LogP contribution is -2.12. The van der Waals surface area contributed by atoms with E-state index >= 15 is 0 Å². The third-order valence-corrected chi connectivity index (χ3v) is 3.11. The minimum atomic E-state index is 0.325. The maximum absolute atomic E-state index is 8.87. The Labute approximate surface area is 119 Å². The first kappa shape index (κ1) is 13.3. The Hall–Kier alpha value is -2.13. The quantitative estimate of drug-likeness (QED) is 0.870. The van der Waals surface area contributed by atoms with E-state index < -0.39 is 0 Å². The minimum Gasteiger partial charge on any atom is -0.495 e. The molecule has 96 valence electrons. The highest BCUT2D eigenvalue weighted by Crippen LogP contribution is 2.34. The first-order valence-electron chi connectivity index (χ1n) is 5.45. The van der Waals surface area contributed by atoms with Gasteiger partial charge >= 0.3 is 0 Å². The number of rotatable bonds is 3. The lowest BCUT2D eigenvalue weighted by Gasteiger charge is -2.21. The van der Waals surface area contributed by atoms with Gasteiger partial charge in [0.2, 0.25) is 0 Å². The van der Waals surface area contributed by atoms with Crippen molar-refractivity contribution < 1.29 is 4.74 Å². The van der Waals surface area contributed by atoms with Crippen LogP contribution in [0.3, 0.4) is 0 Å². The molecule has 1 aromatic heterocycles. The predicted molar refractivity (Wildman–Crippen MR) is 75.5 cm³/mol. The van der Waals surface area contributed by atoms with Crippen molar-refractivity contribution in [2.75, 3.05) is 19.1 Å². The summed E-state index contributed by atoms with van der Waals surface area (Å²) in [7, 11) is 3.47. The van der Waals surface area contributed by atoms with Crippen molar-refractivity contribution in [3.63, 3.8) is 0 Å². The zero-order chi connectivity index (χ0) is 13.8. The Morgan fingerprint density at radius 3 is 2.79 bits per heavy atom. The number of methoxy groups -OCH3 is 1. The van der Waals surface area contributed by atoms with Gasteiger partial charge in [-0.1, -0.05) is 15.9 Å². The van der Waals surface area contributed by atoms with Crippen molar-refractivity contribution in [2.45, 2.75) is 0 Å². The fourth-order valence-corrected chi connectivity index (χ4v) is 1.99. The van der Waals surface area contributed by atoms with Crippen molar-refractivity contribution in [2.24, 2.45) is 0 Å². The van der Waals surface area contributed by atoms with Gasteiger partial charge < -0.3 is 9.64 Å². The summed E-state index contributed by atoms with van der Waals surface area (Å²) in [6.45, 7) is 0. The summed E-state index contributed by atoms with van der Waals surface area (Å²) in [6.07, 6.45) is 1.37. The van der Waals surface area contributed by atoms with Gasteiger partial charge in [0.25, 0.3) is 0 Å². The molecule has 19 heavy (non-hydrogen) atoms. The molecule has 0 saturated carbocycles. The molecule has 0 fully saturated rings. The van der Waals surface area contributed by atoms with Crippen LogP contribution in [0.4, 0.5) is 11.5 Å². The number of aromatic nitrogens is 2. The van der Waals surface area contributed by atoms with E-state index in [1.807, 2.05) is 36.2 Å². The molecule has 0 N–H and O–H groups in total. The fourth-order valence-electron chi connectivity index (χ4n) is 1.64. The van der Waals surface area contributed by atoms with Crippen molar-refractivity contribution in [3.05, 3.63) is 40.8 Å². The van der Waals surface area contributed by atoms with Crippen molar-refractivity contribution in [1.29, 1.82) is 5.26 Å². The van der Waals surface area contributed by atoms with Crippen molar-refractivity contribution in [1.82, 2.24) is 9.97 Å². The number of nitrogens with zero attached hydrogens (tertiary/aromatic N) is 4. The van der Waals surface area contributed by atoms with E-state index in [9.17, 15) is 0 Å². The van der Waals surface area contributed by atoms with Crippen LogP contribution < -0.4 is 9.64 Å². The molecule has 0 spiro atoms. The van der Waals surface area contributed by atoms with E-state index in [4.69, 9.17) is 10.00 Å². The molecule has 0 saturated heterocycles. The predicted octanol–water partition coefficient (Wildman–Crippen LogP) is 2.89. The molecule has 0 unspecified atom stereocenters. The lowest BCUT2D eigenvalue weighted by molar-refractivity contribution is 0.415. The van der Waals surface area contributed by atoms with Gasteiger partial charge in [0.05, 0.1) is 12.8 Å². The highest BCUT2D eigenvalue weighted by atomic mass is 79.9. The van der Waals surface area contributed by atoms with Gasteiger partial charge in [-0.25, -0.2) is 9.97 Å². The summed E-state index contributed by atoms with van der Waals surface area (Å²) in [6, 6.07) is 9.31. The van der Waals surface area contributed by atoms with Crippen LogP contribution in [0.25, 0.3) is 0 Å². The average Bonchev–Trinajstić information content (AvgIpc) is 2.46. The molecule has 0 aliphatic carbocycles. The third-order valence-electron chi connectivity index (χ3n) is 2.61. The summed E-state index contributed by atoms with van der Waals surface area (Å²) in [4.78, 5) is 9.86. The molecule has 2 aromatic rings. The molecule has 6 heteroatoms. The largest absolute Gasteiger partial charge is 0.495 e. The van der Waals surface area contributed by atoms with Gasteiger partial charge in [-0.05, 0) is 18.2 Å². The van der Waals surface area contributed by atoms with Crippen LogP contribution >= 0.6 is 15.9 Å². The first-order valence-corrected chi connectivity index (χ1v) is 6.24. The number of ether oxygens (including phenoxy) is 1. The van der Waals surface area contributed by atoms with Gasteiger partial charge in [-0.2, -0.15) is 5.26 Å². The zero-order valence-corrected chi connectivity index (χ0v) is 12.0. The van der Waals surface area contributed by atoms with E-state index in [0.717, 1.165) is 15.9 Å². The molecule has 0 aliphatic heterocycles. The number of anilines is 2. The number of hydrogen-bond donors (Lipinski definition) is 0. The monoisotopic (exact) mass is 318 g/mol. The Morgan fingerprint density at radius 2 is 2.11 bits per heavy atom. The van der Waals surface area contributed by atoms with Gasteiger partial charge in [0.15, 0.2) is 0 Å². The van der Waals surface area contributed by atoms with Crippen LogP contribution in [-0.4, -0.2) is 24.1 Å². The normalized spacial score (nSPS) is 9.79. The van der Waals surface area contributed by atoms with E-state index in [1.54, 1.807) is 13.2 Å². The summed E-state index contributed by atoms with van der Waals surface area (Å²) in [5, 5.41) is 8.87. The number of halogens is 1. The molecule has 0 radical (unpaired) electrons. The SMILES string of the molecule is COc1ccc(Br)cc1N(C)c1cc(C#N)ncn1. The van der Waals surface area contributed by atoms with Crippen LogP contribution in [0.1, 0.15) is 5.69 Å². The summed E-state index contributed by atoms with van der Waals surface area (Å²) in [5.41, 5.74) is 1.17. The molecule has 5 nitrogen and oxygen atoms in total. The third kappa shape index (κ3) is 2.83. The van der Waals surface area contributed by atoms with Gasteiger partial charge in [0.1, 0.15) is 29.7 Å². The molecule has 0 amide bonds. The van der Waals surface area contributed by atoms with Crippen LogP contribution in [0.15, 0.2) is 35.1 Å². The molecule has 0 aliphatic rings. The molecule has 2 rings (SSSR count). The lowest BCUT2D eigenvalue weighted by atomic mass is 10.2. The van der Waals surface area contributed by atoms with E-state index in [-0.39, 0.29) is 0 Å². The number of hydrogen-bond acceptors (Lipinski definition) is 5. The number of nitriles is 1. The van der Waals surface area contributed by atoms with Crippen LogP contribution in [0.5, 0.6) is 5.75 Å². The molecule has 0 bridgehead atoms. The Morgan fingerprint density at radius 1 is 1.32 bits per heavy atom. The van der Waals surface area contributed by atoms with Gasteiger partial charge in [-0.15, -0.1) is 0 Å². The second-order valence-electron chi connectivity index (χ2n) is 3.75. The van der Waals surface area contributed by atoms with Crippen molar-refractivity contribution in [3.8, 4) is 11.8 Å². The number of benzene rings is 1. The topological polar surface area (TPSA) is 62.0 Å². The Kier molecular flexibility index (Phi) is 3.97. The fraction of sp³-hybridized carbons (Fsp3) is 0.154. The second-order valence-corrected chi connectivity index (χ2v) is 4.66. The molecule has 1 heterocycles. The smallest absolute Gasteiger partial charge is 0.145 e. The van der Waals surface area contributed by atoms with E-state index in [0.29, 0.717) is 11.5 Å². The summed E-state index contributed by atoms with van der Waals surface area (Å²) in [5.74, 6) is 1.35. The highest BCUT2D eigenvalue weighted by molar-refractivity contribution is 9.10. The molecule has 1 aromatic carbocycles. The molecular formula is C13H11BrN4O. The zero-order valence-electron chi connectivity index (χ0n) is 10.5.